The molecule has 29 heavy (non-hydrogen) atoms. The van der Waals surface area contributed by atoms with Crippen LogP contribution in [0.25, 0.3) is 0 Å². The van der Waals surface area contributed by atoms with E-state index in [1.165, 1.54) is 12.1 Å². The second kappa shape index (κ2) is 8.35. The van der Waals surface area contributed by atoms with E-state index >= 15 is 0 Å². The predicted octanol–water partition coefficient (Wildman–Crippen LogP) is 5.52. The Balaban J connectivity index is 1.75. The molecular weight excluding hydrogens is 435 g/mol. The number of ether oxygens (including phenoxy) is 1. The minimum absolute atomic E-state index is 0.155. The van der Waals surface area contributed by atoms with Gasteiger partial charge in [-0.3, -0.25) is 10.3 Å². The molecule has 1 heterocycles. The lowest BCUT2D eigenvalue weighted by Crippen LogP contribution is -2.33. The zero-order chi connectivity index (χ0) is 20.4. The summed E-state index contributed by atoms with van der Waals surface area (Å²) in [5, 5.41) is 13.9. The molecule has 0 aliphatic carbocycles. The molecule has 0 fully saturated rings. The number of aromatic hydroxyl groups is 1. The van der Waals surface area contributed by atoms with E-state index in [9.17, 15) is 9.50 Å². The fourth-order valence-electron chi connectivity index (χ4n) is 3.48. The molecule has 0 aromatic heterocycles. The Bertz CT molecular complexity index is 1040. The lowest BCUT2D eigenvalue weighted by atomic mass is 9.93. The SMILES string of the molecule is COc1ccc(C2=NC(c3ccc(F)cc3)NC(c3cc(Br)ccc3O)C2)cc1. The molecule has 2 N–H and O–H groups in total. The molecule has 4 nitrogen and oxygen atoms in total. The van der Waals surface area contributed by atoms with Crippen LogP contribution in [0.5, 0.6) is 11.5 Å². The van der Waals surface area contributed by atoms with Crippen LogP contribution in [0.2, 0.25) is 0 Å². The predicted molar refractivity (Wildman–Crippen MR) is 115 cm³/mol. The van der Waals surface area contributed by atoms with Gasteiger partial charge < -0.3 is 9.84 Å². The van der Waals surface area contributed by atoms with Gasteiger partial charge in [-0.15, -0.1) is 0 Å². The topological polar surface area (TPSA) is 53.8 Å². The molecule has 6 heteroatoms. The molecule has 0 spiro atoms. The van der Waals surface area contributed by atoms with Crippen molar-refractivity contribution in [1.82, 2.24) is 5.32 Å². The van der Waals surface area contributed by atoms with Gasteiger partial charge in [0.25, 0.3) is 0 Å². The summed E-state index contributed by atoms with van der Waals surface area (Å²) in [6.45, 7) is 0. The zero-order valence-electron chi connectivity index (χ0n) is 15.8. The minimum atomic E-state index is -0.357. The van der Waals surface area contributed by atoms with Crippen LogP contribution in [0.1, 0.15) is 35.3 Å². The van der Waals surface area contributed by atoms with E-state index in [0.29, 0.717) is 6.42 Å². The maximum Gasteiger partial charge on any atom is 0.126 e. The number of hydrogen-bond acceptors (Lipinski definition) is 4. The van der Waals surface area contributed by atoms with E-state index in [1.807, 2.05) is 30.3 Å². The second-order valence-electron chi connectivity index (χ2n) is 6.88. The summed E-state index contributed by atoms with van der Waals surface area (Å²) >= 11 is 3.48. The molecule has 3 aromatic rings. The standard InChI is InChI=1S/C23H20BrFN2O2/c1-29-18-9-4-14(5-10-18)20-13-21(19-12-16(24)6-11-22(19)28)27-23(26-20)15-2-7-17(25)8-3-15/h2-12,21,23,27-28H,13H2,1H3. The lowest BCUT2D eigenvalue weighted by molar-refractivity contribution is 0.412. The molecule has 2 atom stereocenters. The molecule has 0 saturated carbocycles. The average molecular weight is 455 g/mol. The number of nitrogens with zero attached hydrogens (tertiary/aromatic N) is 1. The van der Waals surface area contributed by atoms with Crippen LogP contribution >= 0.6 is 15.9 Å². The number of methoxy groups -OCH3 is 1. The highest BCUT2D eigenvalue weighted by Gasteiger charge is 2.27. The van der Waals surface area contributed by atoms with Crippen molar-refractivity contribution >= 4 is 21.6 Å². The van der Waals surface area contributed by atoms with E-state index in [2.05, 4.69) is 21.2 Å². The van der Waals surface area contributed by atoms with Gasteiger partial charge in [0.2, 0.25) is 0 Å². The number of rotatable bonds is 4. The maximum atomic E-state index is 13.4. The van der Waals surface area contributed by atoms with E-state index in [-0.39, 0.29) is 23.8 Å². The summed E-state index contributed by atoms with van der Waals surface area (Å²) in [5.74, 6) is 0.712. The van der Waals surface area contributed by atoms with Crippen molar-refractivity contribution in [2.45, 2.75) is 18.6 Å². The Labute approximate surface area is 177 Å². The van der Waals surface area contributed by atoms with Gasteiger partial charge in [-0.25, -0.2) is 4.39 Å². The van der Waals surface area contributed by atoms with Crippen LogP contribution in [-0.4, -0.2) is 17.9 Å². The lowest BCUT2D eigenvalue weighted by Gasteiger charge is -2.31. The first-order valence-corrected chi connectivity index (χ1v) is 10.0. The summed E-state index contributed by atoms with van der Waals surface area (Å²) in [4.78, 5) is 4.88. The fraction of sp³-hybridized carbons (Fsp3) is 0.174. The fourth-order valence-corrected chi connectivity index (χ4v) is 3.86. The molecule has 0 bridgehead atoms. The summed E-state index contributed by atoms with van der Waals surface area (Å²) < 4.78 is 19.5. The van der Waals surface area contributed by atoms with Crippen LogP contribution in [0.4, 0.5) is 4.39 Å². The highest BCUT2D eigenvalue weighted by atomic mass is 79.9. The van der Waals surface area contributed by atoms with Crippen LogP contribution in [-0.2, 0) is 0 Å². The van der Waals surface area contributed by atoms with Crippen LogP contribution in [0, 0.1) is 5.82 Å². The molecule has 0 saturated heterocycles. The number of hydrogen-bond donors (Lipinski definition) is 2. The van der Waals surface area contributed by atoms with Crippen molar-refractivity contribution < 1.29 is 14.2 Å². The Hall–Kier alpha value is -2.70. The van der Waals surface area contributed by atoms with Crippen molar-refractivity contribution in [2.24, 2.45) is 4.99 Å². The smallest absolute Gasteiger partial charge is 0.126 e. The third kappa shape index (κ3) is 4.33. The van der Waals surface area contributed by atoms with E-state index in [4.69, 9.17) is 9.73 Å². The minimum Gasteiger partial charge on any atom is -0.508 e. The first-order chi connectivity index (χ1) is 14.0. The van der Waals surface area contributed by atoms with E-state index in [1.54, 1.807) is 31.4 Å². The first kappa shape index (κ1) is 19.6. The average Bonchev–Trinajstić information content (AvgIpc) is 2.75. The Kier molecular flexibility index (Phi) is 5.65. The van der Waals surface area contributed by atoms with Crippen molar-refractivity contribution in [1.29, 1.82) is 0 Å². The van der Waals surface area contributed by atoms with Gasteiger partial charge in [-0.05, 0) is 65.7 Å². The molecule has 0 radical (unpaired) electrons. The summed E-state index contributed by atoms with van der Waals surface area (Å²) in [6, 6.07) is 19.3. The van der Waals surface area contributed by atoms with Crippen molar-refractivity contribution in [3.8, 4) is 11.5 Å². The van der Waals surface area contributed by atoms with Gasteiger partial charge in [0.15, 0.2) is 0 Å². The molecule has 2 unspecified atom stereocenters. The van der Waals surface area contributed by atoms with Gasteiger partial charge in [0.1, 0.15) is 23.5 Å². The van der Waals surface area contributed by atoms with Gasteiger partial charge in [0.05, 0.1) is 7.11 Å². The third-order valence-corrected chi connectivity index (χ3v) is 5.51. The monoisotopic (exact) mass is 454 g/mol. The number of aliphatic imine (C=N–C) groups is 1. The van der Waals surface area contributed by atoms with Gasteiger partial charge in [-0.2, -0.15) is 0 Å². The Morgan fingerprint density at radius 3 is 2.48 bits per heavy atom. The molecule has 0 amide bonds. The Morgan fingerprint density at radius 1 is 1.07 bits per heavy atom. The molecule has 1 aliphatic heterocycles. The number of phenolic OH excluding ortho intramolecular Hbond substituents is 1. The van der Waals surface area contributed by atoms with Crippen molar-refractivity contribution in [3.63, 3.8) is 0 Å². The van der Waals surface area contributed by atoms with Gasteiger partial charge in [0, 0.05) is 28.2 Å². The summed E-state index contributed by atoms with van der Waals surface area (Å²) in [6.07, 6.45) is 0.249. The van der Waals surface area contributed by atoms with Crippen LogP contribution in [0.3, 0.4) is 0 Å². The number of phenols is 1. The number of benzene rings is 3. The first-order valence-electron chi connectivity index (χ1n) is 9.24. The molecule has 1 aliphatic rings. The second-order valence-corrected chi connectivity index (χ2v) is 7.80. The maximum absolute atomic E-state index is 13.4. The highest BCUT2D eigenvalue weighted by molar-refractivity contribution is 9.10. The molecule has 148 valence electrons. The summed E-state index contributed by atoms with van der Waals surface area (Å²) in [5.41, 5.74) is 3.54. The van der Waals surface area contributed by atoms with E-state index in [0.717, 1.165) is 32.6 Å². The third-order valence-electron chi connectivity index (χ3n) is 5.02. The van der Waals surface area contributed by atoms with E-state index < -0.39 is 0 Å². The Morgan fingerprint density at radius 2 is 1.79 bits per heavy atom. The highest BCUT2D eigenvalue weighted by Crippen LogP contribution is 2.36. The molecule has 3 aromatic carbocycles. The largest absolute Gasteiger partial charge is 0.508 e. The summed E-state index contributed by atoms with van der Waals surface area (Å²) in [7, 11) is 1.63. The van der Waals surface area contributed by atoms with Crippen molar-refractivity contribution in [2.75, 3.05) is 7.11 Å². The van der Waals surface area contributed by atoms with Crippen LogP contribution < -0.4 is 10.1 Å². The number of halogens is 2. The van der Waals surface area contributed by atoms with Crippen LogP contribution in [0.15, 0.2) is 76.2 Å². The van der Waals surface area contributed by atoms with Crippen molar-refractivity contribution in [3.05, 3.63) is 93.7 Å². The number of nitrogens with one attached hydrogen (secondary N) is 1. The van der Waals surface area contributed by atoms with Gasteiger partial charge in [-0.1, -0.05) is 28.1 Å². The zero-order valence-corrected chi connectivity index (χ0v) is 17.4. The molecular formula is C23H20BrFN2O2. The molecule has 4 rings (SSSR count). The quantitative estimate of drug-likeness (QED) is 0.545. The van der Waals surface area contributed by atoms with Gasteiger partial charge >= 0.3 is 0 Å². The normalized spacial score (nSPS) is 18.9.